The smallest absolute Gasteiger partial charge is 0.323 e. The van der Waals surface area contributed by atoms with Crippen molar-refractivity contribution in [2.24, 2.45) is 7.05 Å². The van der Waals surface area contributed by atoms with Gasteiger partial charge < -0.3 is 28.6 Å². The zero-order valence-electron chi connectivity index (χ0n) is 24.8. The summed E-state index contributed by atoms with van der Waals surface area (Å²) in [7, 11) is -1.66. The summed E-state index contributed by atoms with van der Waals surface area (Å²) in [6, 6.07) is 0. The zero-order chi connectivity index (χ0) is 34.2. The number of oxazole rings is 1. The Labute approximate surface area is 274 Å². The average Bonchev–Trinajstić information content (AvgIpc) is 3.60. The van der Waals surface area contributed by atoms with E-state index in [0.717, 1.165) is 31.5 Å². The van der Waals surface area contributed by atoms with E-state index < -0.39 is 68.9 Å². The second kappa shape index (κ2) is 13.5. The van der Waals surface area contributed by atoms with Crippen molar-refractivity contribution in [1.82, 2.24) is 23.5 Å². The number of carboxylic acids is 2. The van der Waals surface area contributed by atoms with Gasteiger partial charge in [-0.2, -0.15) is 0 Å². The van der Waals surface area contributed by atoms with Crippen LogP contribution in [0, 0.1) is 10.9 Å². The van der Waals surface area contributed by atoms with Gasteiger partial charge >= 0.3 is 17.5 Å². The van der Waals surface area contributed by atoms with Crippen LogP contribution in [-0.4, -0.2) is 88.2 Å². The van der Waals surface area contributed by atoms with E-state index >= 15 is 0 Å². The number of nitrogens with zero attached hydrogens (tertiary/aromatic N) is 5. The number of amides is 1. The normalized spacial score (nSPS) is 19.0. The van der Waals surface area contributed by atoms with Crippen molar-refractivity contribution < 1.29 is 42.0 Å². The van der Waals surface area contributed by atoms with Gasteiger partial charge in [0, 0.05) is 32.1 Å². The molecule has 1 saturated heterocycles. The molecule has 4 rings (SSSR count). The number of rotatable bonds is 10. The molecule has 0 unspecified atom stereocenters. The van der Waals surface area contributed by atoms with Crippen molar-refractivity contribution in [3.63, 3.8) is 0 Å². The third-order valence-corrected chi connectivity index (χ3v) is 10.3. The Morgan fingerprint density at radius 2 is 1.70 bits per heavy atom. The molecule has 0 bridgehead atoms. The van der Waals surface area contributed by atoms with Gasteiger partial charge in [-0.25, -0.2) is 8.42 Å². The Morgan fingerprint density at radius 3 is 2.26 bits per heavy atom. The molecule has 0 saturated carbocycles. The highest BCUT2D eigenvalue weighted by molar-refractivity contribution is 8.30. The Kier molecular flexibility index (Phi) is 10.3. The molecule has 0 spiro atoms. The zero-order valence-corrected chi connectivity index (χ0v) is 28.1. The lowest BCUT2D eigenvalue weighted by molar-refractivity contribution is -0.138. The second-order valence-electron chi connectivity index (χ2n) is 10.3. The fraction of sp³-hybridized carbons (Fsp3) is 0.385. The second-order valence-corrected chi connectivity index (χ2v) is 14.3. The Morgan fingerprint density at radius 1 is 1.07 bits per heavy atom. The van der Waals surface area contributed by atoms with Crippen molar-refractivity contribution in [2.45, 2.75) is 39.8 Å². The monoisotopic (exact) mass is 714 g/mol. The van der Waals surface area contributed by atoms with Crippen LogP contribution < -0.4 is 22.0 Å². The number of thiocarbonyl (C=S) groups is 1. The van der Waals surface area contributed by atoms with Crippen molar-refractivity contribution in [1.29, 1.82) is 0 Å². The molecule has 2 aliphatic rings. The number of hydrogen-bond acceptors (Lipinski definition) is 13. The summed E-state index contributed by atoms with van der Waals surface area (Å²) in [4.78, 5) is 66.7. The summed E-state index contributed by atoms with van der Waals surface area (Å²) in [6.45, 7) is 2.08. The molecule has 0 radical (unpaired) electrons. The molecule has 20 heteroatoms. The minimum atomic E-state index is -4.35. The van der Waals surface area contributed by atoms with Gasteiger partial charge in [0.25, 0.3) is 11.5 Å². The summed E-state index contributed by atoms with van der Waals surface area (Å²) in [5, 5.41) is 21.7. The van der Waals surface area contributed by atoms with Gasteiger partial charge in [-0.15, -0.1) is 0 Å². The van der Waals surface area contributed by atoms with Crippen LogP contribution in [-0.2, 0) is 44.6 Å². The van der Waals surface area contributed by atoms with Crippen LogP contribution in [0.25, 0.3) is 10.5 Å². The van der Waals surface area contributed by atoms with E-state index in [1.807, 2.05) is 17.2 Å². The number of allylic oxidation sites excluding steroid dienone is 2. The molecule has 248 valence electrons. The van der Waals surface area contributed by atoms with Crippen LogP contribution >= 0.6 is 35.7 Å². The molecule has 0 atom stereocenters. The molecule has 0 aliphatic carbocycles. The van der Waals surface area contributed by atoms with Gasteiger partial charge in [0.15, 0.2) is 5.48 Å². The third-order valence-electron chi connectivity index (χ3n) is 6.96. The number of thioether (sulfide) groups is 2. The first kappa shape index (κ1) is 35.0. The number of aromatic nitrogens is 3. The van der Waals surface area contributed by atoms with E-state index in [1.54, 1.807) is 13.0 Å². The van der Waals surface area contributed by atoms with Gasteiger partial charge in [0.1, 0.15) is 27.7 Å². The van der Waals surface area contributed by atoms with Crippen molar-refractivity contribution in [3.05, 3.63) is 64.7 Å². The van der Waals surface area contributed by atoms with Gasteiger partial charge in [0.05, 0.1) is 15.1 Å². The number of carbonyl (C=O) groups excluding carboxylic acids is 1. The first-order valence-corrected chi connectivity index (χ1v) is 17.1. The fourth-order valence-corrected chi connectivity index (χ4v) is 7.59. The molecule has 2 N–H and O–H groups in total. The predicted molar refractivity (Wildman–Crippen MR) is 170 cm³/mol. The minimum Gasteiger partial charge on any atom is -0.748 e. The van der Waals surface area contributed by atoms with Gasteiger partial charge in [-0.3, -0.25) is 38.0 Å². The van der Waals surface area contributed by atoms with Crippen LogP contribution in [0.1, 0.15) is 26.7 Å². The highest BCUT2D eigenvalue weighted by Crippen LogP contribution is 2.35. The van der Waals surface area contributed by atoms with Crippen LogP contribution in [0.4, 0.5) is 0 Å². The largest absolute Gasteiger partial charge is 0.748 e. The summed E-state index contributed by atoms with van der Waals surface area (Å²) in [6.07, 6.45) is 2.17. The summed E-state index contributed by atoms with van der Waals surface area (Å²) < 4.78 is 41.7. The molecular formula is C26H28N5O11S4-. The Hall–Kier alpha value is -3.85. The Balaban J connectivity index is 2.02. The average molecular weight is 715 g/mol. The SMILES string of the molecule is CC1=CSC(=CC(C)=c2c(=O)n(C)/c(=c3\o/c(=C4/SC(=S)N(C)C4=O)n(CC(=O)O)c3=O)n2CC(=O)O)N1CCCCS(=O)(=O)[O-]. The van der Waals surface area contributed by atoms with E-state index in [2.05, 4.69) is 0 Å². The van der Waals surface area contributed by atoms with Gasteiger partial charge in [0.2, 0.25) is 11.0 Å². The summed E-state index contributed by atoms with van der Waals surface area (Å²) in [5.74, 6) is -3.92. The predicted octanol–water partition coefficient (Wildman–Crippen LogP) is -0.757. The van der Waals surface area contributed by atoms with E-state index in [4.69, 9.17) is 16.6 Å². The summed E-state index contributed by atoms with van der Waals surface area (Å²) in [5.41, 5.74) is -1.81. The molecule has 0 aromatic carbocycles. The first-order valence-electron chi connectivity index (χ1n) is 13.4. The molecule has 16 nitrogen and oxygen atoms in total. The molecular weight excluding hydrogens is 687 g/mol. The lowest BCUT2D eigenvalue weighted by atomic mass is 10.2. The van der Waals surface area contributed by atoms with Crippen LogP contribution in [0.3, 0.4) is 0 Å². The van der Waals surface area contributed by atoms with Crippen LogP contribution in [0.2, 0.25) is 0 Å². The van der Waals surface area contributed by atoms with Crippen molar-refractivity contribution >= 4 is 78.5 Å². The topological polar surface area (TPSA) is 217 Å². The maximum atomic E-state index is 13.7. The van der Waals surface area contributed by atoms with Gasteiger partial charge in [-0.05, 0) is 55.5 Å². The standard InChI is InChI=1S/C26H29N5O11S4/c1-13(9-15-29(14(2)12-44-15)7-5-6-8-46(39,40)41)18-22(36)27(3)21(30(18)10-16(32)33)19-23(37)31(11-17(34)35)25(42-19)20-24(38)28(4)26(43)45-20/h9,12H,5-8,10-11H2,1-4H3,(H,32,33)(H,34,35)(H,39,40,41)/p-1/b15-9?,18-13?,21-19+,25-20+. The van der Waals surface area contributed by atoms with Crippen molar-refractivity contribution in [2.75, 3.05) is 19.3 Å². The molecule has 2 aromatic rings. The molecule has 46 heavy (non-hydrogen) atoms. The van der Waals surface area contributed by atoms with E-state index in [-0.39, 0.29) is 26.5 Å². The number of hydrogen-bond donors (Lipinski definition) is 2. The number of aliphatic carboxylic acids is 2. The highest BCUT2D eigenvalue weighted by atomic mass is 32.2. The van der Waals surface area contributed by atoms with E-state index in [9.17, 15) is 47.2 Å². The first-order chi connectivity index (χ1) is 21.4. The maximum Gasteiger partial charge on any atom is 0.323 e. The fourth-order valence-electron chi connectivity index (χ4n) is 4.82. The highest BCUT2D eigenvalue weighted by Gasteiger charge is 2.33. The number of carbonyl (C=O) groups is 3. The maximum absolute atomic E-state index is 13.7. The number of carboxylic acid groups (broad SMARTS) is 2. The molecule has 1 amide bonds. The molecule has 1 fully saturated rings. The molecule has 2 aliphatic heterocycles. The quantitative estimate of drug-likeness (QED) is 0.176. The Bertz CT molecular complexity index is 2190. The van der Waals surface area contributed by atoms with Crippen LogP contribution in [0.15, 0.2) is 36.2 Å². The van der Waals surface area contributed by atoms with E-state index in [0.29, 0.717) is 28.1 Å². The lowest BCUT2D eigenvalue weighted by Gasteiger charge is -2.21. The van der Waals surface area contributed by atoms with E-state index in [1.165, 1.54) is 25.9 Å². The van der Waals surface area contributed by atoms with Crippen LogP contribution in [0.5, 0.6) is 0 Å². The molecule has 2 aromatic heterocycles. The molecule has 4 heterocycles. The summed E-state index contributed by atoms with van der Waals surface area (Å²) >= 11 is 7.26. The number of imidazole rings is 1. The van der Waals surface area contributed by atoms with Crippen molar-refractivity contribution in [3.8, 4) is 0 Å². The number of unbranched alkanes of at least 4 members (excludes halogenated alkanes) is 1. The lowest BCUT2D eigenvalue weighted by Crippen LogP contribution is -2.34. The van der Waals surface area contributed by atoms with Gasteiger partial charge in [-0.1, -0.05) is 24.0 Å². The minimum absolute atomic E-state index is 0.100. The third kappa shape index (κ3) is 7.09.